The maximum absolute atomic E-state index is 12.1. The van der Waals surface area contributed by atoms with Crippen LogP contribution < -0.4 is 5.73 Å². The zero-order chi connectivity index (χ0) is 15.3. The molecule has 20 heavy (non-hydrogen) atoms. The van der Waals surface area contributed by atoms with Gasteiger partial charge in [0, 0.05) is 24.3 Å². The number of halogens is 1. The Morgan fingerprint density at radius 1 is 1.40 bits per heavy atom. The quantitative estimate of drug-likeness (QED) is 0.823. The lowest BCUT2D eigenvalue weighted by molar-refractivity contribution is -0.131. The van der Waals surface area contributed by atoms with E-state index in [1.54, 1.807) is 7.05 Å². The fourth-order valence-corrected chi connectivity index (χ4v) is 2.80. The van der Waals surface area contributed by atoms with Crippen LogP contribution in [0.2, 0.25) is 0 Å². The van der Waals surface area contributed by atoms with Crippen molar-refractivity contribution in [3.05, 3.63) is 34.3 Å². The van der Waals surface area contributed by atoms with Gasteiger partial charge in [0.25, 0.3) is 0 Å². The molecular weight excluding hydrogens is 344 g/mol. The van der Waals surface area contributed by atoms with Crippen LogP contribution in [-0.4, -0.2) is 44.3 Å². The van der Waals surface area contributed by atoms with Crippen molar-refractivity contribution >= 4 is 31.7 Å². The normalized spacial score (nSPS) is 13.0. The Morgan fingerprint density at radius 3 is 2.55 bits per heavy atom. The molecule has 1 amide bonds. The van der Waals surface area contributed by atoms with Crippen LogP contribution in [-0.2, 0) is 21.2 Å². The summed E-state index contributed by atoms with van der Waals surface area (Å²) < 4.78 is 23.1. The van der Waals surface area contributed by atoms with Gasteiger partial charge in [0.05, 0.1) is 11.8 Å². The van der Waals surface area contributed by atoms with Crippen molar-refractivity contribution < 1.29 is 13.2 Å². The molecule has 0 spiro atoms. The number of hydrogen-bond donors (Lipinski definition) is 1. The number of sulfone groups is 1. The highest BCUT2D eigenvalue weighted by Crippen LogP contribution is 2.17. The summed E-state index contributed by atoms with van der Waals surface area (Å²) in [7, 11) is -1.45. The number of carbonyl (C=O) groups excluding carboxylic acids is 1. The molecule has 7 heteroatoms. The van der Waals surface area contributed by atoms with E-state index >= 15 is 0 Å². The molecule has 0 saturated carbocycles. The standard InChI is InChI=1S/C13H19BrN2O3S/c1-16(9-10-5-3-4-6-11(10)14)13(17)12(15)7-8-20(2,18)19/h3-6,12H,7-9,15H2,1-2H3. The summed E-state index contributed by atoms with van der Waals surface area (Å²) in [6.45, 7) is 0.423. The van der Waals surface area contributed by atoms with E-state index in [4.69, 9.17) is 5.73 Å². The number of carbonyl (C=O) groups is 1. The molecule has 1 aromatic carbocycles. The predicted molar refractivity (Wildman–Crippen MR) is 82.9 cm³/mol. The minimum atomic E-state index is -3.10. The molecule has 0 radical (unpaired) electrons. The molecule has 1 rings (SSSR count). The van der Waals surface area contributed by atoms with Gasteiger partial charge in [-0.05, 0) is 18.1 Å². The second-order valence-corrected chi connectivity index (χ2v) is 7.92. The summed E-state index contributed by atoms with van der Waals surface area (Å²) in [5, 5.41) is 0. The molecule has 0 aromatic heterocycles. The molecule has 0 aliphatic rings. The predicted octanol–water partition coefficient (Wildman–Crippen LogP) is 1.17. The summed E-state index contributed by atoms with van der Waals surface area (Å²) in [5.74, 6) is -0.340. The molecule has 5 nitrogen and oxygen atoms in total. The number of rotatable bonds is 6. The molecule has 1 unspecified atom stereocenters. The van der Waals surface area contributed by atoms with Crippen LogP contribution in [0.25, 0.3) is 0 Å². The number of nitrogens with two attached hydrogens (primary N) is 1. The molecule has 0 aliphatic carbocycles. The molecule has 0 saturated heterocycles. The monoisotopic (exact) mass is 362 g/mol. The van der Waals surface area contributed by atoms with E-state index in [1.807, 2.05) is 24.3 Å². The smallest absolute Gasteiger partial charge is 0.239 e. The largest absolute Gasteiger partial charge is 0.340 e. The average molecular weight is 363 g/mol. The van der Waals surface area contributed by atoms with Gasteiger partial charge in [-0.15, -0.1) is 0 Å². The van der Waals surface area contributed by atoms with Crippen molar-refractivity contribution in [1.29, 1.82) is 0 Å². The van der Waals surface area contributed by atoms with Gasteiger partial charge in [-0.2, -0.15) is 0 Å². The van der Waals surface area contributed by atoms with Crippen molar-refractivity contribution in [3.63, 3.8) is 0 Å². The second kappa shape index (κ2) is 7.19. The summed E-state index contributed by atoms with van der Waals surface area (Å²) in [6.07, 6.45) is 1.27. The van der Waals surface area contributed by atoms with Gasteiger partial charge in [0.1, 0.15) is 9.84 Å². The summed E-state index contributed by atoms with van der Waals surface area (Å²) >= 11 is 3.42. The Labute approximate surface area is 128 Å². The third-order valence-electron chi connectivity index (χ3n) is 2.86. The highest BCUT2D eigenvalue weighted by Gasteiger charge is 2.20. The minimum Gasteiger partial charge on any atom is -0.340 e. The Hall–Kier alpha value is -0.920. The third kappa shape index (κ3) is 5.60. The molecule has 2 N–H and O–H groups in total. The van der Waals surface area contributed by atoms with Crippen LogP contribution in [0.3, 0.4) is 0 Å². The van der Waals surface area contributed by atoms with E-state index in [2.05, 4.69) is 15.9 Å². The van der Waals surface area contributed by atoms with Crippen molar-refractivity contribution in [3.8, 4) is 0 Å². The first-order chi connectivity index (χ1) is 9.20. The van der Waals surface area contributed by atoms with E-state index in [-0.39, 0.29) is 18.1 Å². The van der Waals surface area contributed by atoms with Gasteiger partial charge in [0.15, 0.2) is 0 Å². The Kier molecular flexibility index (Phi) is 6.16. The van der Waals surface area contributed by atoms with E-state index in [9.17, 15) is 13.2 Å². The molecule has 112 valence electrons. The number of likely N-dealkylation sites (N-methyl/N-ethyl adjacent to an activating group) is 1. The van der Waals surface area contributed by atoms with Crippen LogP contribution >= 0.6 is 15.9 Å². The van der Waals surface area contributed by atoms with Gasteiger partial charge in [0.2, 0.25) is 5.91 Å². The molecule has 0 bridgehead atoms. The van der Waals surface area contributed by atoms with Crippen LogP contribution in [0.5, 0.6) is 0 Å². The van der Waals surface area contributed by atoms with E-state index < -0.39 is 15.9 Å². The Balaban J connectivity index is 2.61. The van der Waals surface area contributed by atoms with Crippen LogP contribution in [0.4, 0.5) is 0 Å². The van der Waals surface area contributed by atoms with Gasteiger partial charge < -0.3 is 10.6 Å². The first kappa shape index (κ1) is 17.1. The van der Waals surface area contributed by atoms with Crippen molar-refractivity contribution in [2.45, 2.75) is 19.0 Å². The van der Waals surface area contributed by atoms with Crippen LogP contribution in [0.1, 0.15) is 12.0 Å². The third-order valence-corrected chi connectivity index (χ3v) is 4.61. The summed E-state index contributed by atoms with van der Waals surface area (Å²) in [4.78, 5) is 13.6. The van der Waals surface area contributed by atoms with Crippen molar-refractivity contribution in [2.24, 2.45) is 5.73 Å². The van der Waals surface area contributed by atoms with E-state index in [0.29, 0.717) is 6.54 Å². The molecule has 1 aromatic rings. The lowest BCUT2D eigenvalue weighted by Gasteiger charge is -2.21. The first-order valence-corrected chi connectivity index (χ1v) is 8.98. The summed E-state index contributed by atoms with van der Waals surface area (Å²) in [5.41, 5.74) is 6.72. The average Bonchev–Trinajstić information content (AvgIpc) is 2.36. The van der Waals surface area contributed by atoms with Crippen molar-refractivity contribution in [1.82, 2.24) is 4.90 Å². The lowest BCUT2D eigenvalue weighted by Crippen LogP contribution is -2.42. The molecular formula is C13H19BrN2O3S. The van der Waals surface area contributed by atoms with E-state index in [1.165, 1.54) is 4.90 Å². The SMILES string of the molecule is CN(Cc1ccccc1Br)C(=O)C(N)CCS(C)(=O)=O. The van der Waals surface area contributed by atoms with Crippen LogP contribution in [0, 0.1) is 0 Å². The fraction of sp³-hybridized carbons (Fsp3) is 0.462. The highest BCUT2D eigenvalue weighted by atomic mass is 79.9. The van der Waals surface area contributed by atoms with Gasteiger partial charge in [-0.1, -0.05) is 34.1 Å². The highest BCUT2D eigenvalue weighted by molar-refractivity contribution is 9.10. The number of benzene rings is 1. The molecule has 1 atom stereocenters. The Morgan fingerprint density at radius 2 is 2.00 bits per heavy atom. The fourth-order valence-electron chi connectivity index (χ4n) is 1.71. The zero-order valence-electron chi connectivity index (χ0n) is 11.5. The van der Waals surface area contributed by atoms with Gasteiger partial charge in [-0.25, -0.2) is 8.42 Å². The number of hydrogen-bond acceptors (Lipinski definition) is 4. The first-order valence-electron chi connectivity index (χ1n) is 6.12. The lowest BCUT2D eigenvalue weighted by atomic mass is 10.2. The molecule has 0 fully saturated rings. The Bertz CT molecular complexity index is 575. The summed E-state index contributed by atoms with van der Waals surface area (Å²) in [6, 6.07) is 6.81. The second-order valence-electron chi connectivity index (χ2n) is 4.81. The van der Waals surface area contributed by atoms with Gasteiger partial charge in [-0.3, -0.25) is 4.79 Å². The van der Waals surface area contributed by atoms with Gasteiger partial charge >= 0.3 is 0 Å². The molecule has 0 aliphatic heterocycles. The van der Waals surface area contributed by atoms with Crippen LogP contribution in [0.15, 0.2) is 28.7 Å². The number of nitrogens with zero attached hydrogens (tertiary/aromatic N) is 1. The maximum Gasteiger partial charge on any atom is 0.239 e. The maximum atomic E-state index is 12.1. The minimum absolute atomic E-state index is 0.0806. The topological polar surface area (TPSA) is 80.5 Å². The zero-order valence-corrected chi connectivity index (χ0v) is 13.9. The molecule has 0 heterocycles. The van der Waals surface area contributed by atoms with E-state index in [0.717, 1.165) is 16.3 Å². The number of amides is 1. The van der Waals surface area contributed by atoms with Crippen molar-refractivity contribution in [2.75, 3.05) is 19.1 Å².